The molecule has 0 fully saturated rings. The van der Waals surface area contributed by atoms with Gasteiger partial charge in [0.25, 0.3) is 5.92 Å². The topological polar surface area (TPSA) is 25.2 Å². The third kappa shape index (κ3) is 1.56. The van der Waals surface area contributed by atoms with Crippen molar-refractivity contribution in [1.82, 2.24) is 4.57 Å². The minimum atomic E-state index is -2.86. The molecule has 0 amide bonds. The summed E-state index contributed by atoms with van der Waals surface area (Å²) in [5, 5.41) is 9.74. The quantitative estimate of drug-likeness (QED) is 0.770. The standard InChI is InChI=1S/C11H11F2NO/c1-11(12,13)9-6-14(2)10-5-7(15)3-4-8(9)10/h3-6,15H,1-2H3. The number of nitrogens with zero attached hydrogens (tertiary/aromatic N) is 1. The Morgan fingerprint density at radius 3 is 2.60 bits per heavy atom. The Bertz CT molecular complexity index is 511. The van der Waals surface area contributed by atoms with Crippen LogP contribution in [0.2, 0.25) is 0 Å². The summed E-state index contributed by atoms with van der Waals surface area (Å²) in [4.78, 5) is 0. The summed E-state index contributed by atoms with van der Waals surface area (Å²) in [5.41, 5.74) is 0.589. The van der Waals surface area contributed by atoms with Crippen LogP contribution in [-0.4, -0.2) is 9.67 Å². The van der Waals surface area contributed by atoms with Crippen LogP contribution in [0.4, 0.5) is 8.78 Å². The molecular formula is C11H11F2NO. The van der Waals surface area contributed by atoms with Crippen LogP contribution < -0.4 is 0 Å². The van der Waals surface area contributed by atoms with Crippen molar-refractivity contribution in [3.05, 3.63) is 30.0 Å². The highest BCUT2D eigenvalue weighted by Crippen LogP contribution is 2.35. The SMILES string of the molecule is Cn1cc(C(C)(F)F)c2ccc(O)cc21. The third-order valence-electron chi connectivity index (χ3n) is 2.45. The number of hydrogen-bond acceptors (Lipinski definition) is 1. The van der Waals surface area contributed by atoms with Gasteiger partial charge in [-0.1, -0.05) is 0 Å². The van der Waals surface area contributed by atoms with Gasteiger partial charge in [-0.05, 0) is 12.1 Å². The molecule has 0 aliphatic heterocycles. The maximum atomic E-state index is 13.2. The molecule has 1 heterocycles. The summed E-state index contributed by atoms with van der Waals surface area (Å²) in [6, 6.07) is 4.40. The highest BCUT2D eigenvalue weighted by molar-refractivity contribution is 5.85. The molecule has 2 aromatic rings. The highest BCUT2D eigenvalue weighted by Gasteiger charge is 2.28. The van der Waals surface area contributed by atoms with Crippen LogP contribution in [-0.2, 0) is 13.0 Å². The number of aryl methyl sites for hydroxylation is 1. The van der Waals surface area contributed by atoms with Gasteiger partial charge >= 0.3 is 0 Å². The van der Waals surface area contributed by atoms with Crippen molar-refractivity contribution in [2.24, 2.45) is 7.05 Å². The van der Waals surface area contributed by atoms with E-state index in [-0.39, 0.29) is 11.3 Å². The number of hydrogen-bond donors (Lipinski definition) is 1. The number of fused-ring (bicyclic) bond motifs is 1. The smallest absolute Gasteiger partial charge is 0.272 e. The second kappa shape index (κ2) is 2.95. The van der Waals surface area contributed by atoms with Gasteiger partial charge in [0.2, 0.25) is 0 Å². The molecule has 0 aliphatic rings. The van der Waals surface area contributed by atoms with E-state index in [1.165, 1.54) is 24.4 Å². The minimum Gasteiger partial charge on any atom is -0.508 e. The monoisotopic (exact) mass is 211 g/mol. The number of phenols is 1. The van der Waals surface area contributed by atoms with E-state index in [2.05, 4.69) is 0 Å². The molecule has 4 heteroatoms. The average Bonchev–Trinajstić information content (AvgIpc) is 2.43. The number of phenolic OH excluding ortho intramolecular Hbond substituents is 1. The fraction of sp³-hybridized carbons (Fsp3) is 0.273. The van der Waals surface area contributed by atoms with Crippen molar-refractivity contribution in [3.63, 3.8) is 0 Å². The fourth-order valence-electron chi connectivity index (χ4n) is 1.72. The second-order valence-electron chi connectivity index (χ2n) is 3.74. The zero-order valence-corrected chi connectivity index (χ0v) is 8.46. The van der Waals surface area contributed by atoms with Gasteiger partial charge in [-0.15, -0.1) is 0 Å². The number of alkyl halides is 2. The van der Waals surface area contributed by atoms with Gasteiger partial charge in [0.15, 0.2) is 0 Å². The van der Waals surface area contributed by atoms with Crippen LogP contribution in [0.15, 0.2) is 24.4 Å². The Hall–Kier alpha value is -1.58. The van der Waals surface area contributed by atoms with Crippen molar-refractivity contribution in [2.75, 3.05) is 0 Å². The van der Waals surface area contributed by atoms with E-state index in [1.807, 2.05) is 0 Å². The van der Waals surface area contributed by atoms with E-state index in [4.69, 9.17) is 0 Å². The van der Waals surface area contributed by atoms with Gasteiger partial charge in [-0.2, -0.15) is 0 Å². The van der Waals surface area contributed by atoms with Crippen LogP contribution in [0.5, 0.6) is 5.75 Å². The predicted octanol–water partition coefficient (Wildman–Crippen LogP) is 3.00. The maximum Gasteiger partial charge on any atom is 0.272 e. The first kappa shape index (κ1) is 9.96. The minimum absolute atomic E-state index is 0.0139. The molecule has 0 spiro atoms. The fourth-order valence-corrected chi connectivity index (χ4v) is 1.72. The van der Waals surface area contributed by atoms with E-state index in [9.17, 15) is 13.9 Å². The molecule has 0 unspecified atom stereocenters. The van der Waals surface area contributed by atoms with Gasteiger partial charge in [0, 0.05) is 37.2 Å². The summed E-state index contributed by atoms with van der Waals surface area (Å²) < 4.78 is 28.0. The van der Waals surface area contributed by atoms with Crippen molar-refractivity contribution < 1.29 is 13.9 Å². The van der Waals surface area contributed by atoms with Crippen molar-refractivity contribution in [2.45, 2.75) is 12.8 Å². The third-order valence-corrected chi connectivity index (χ3v) is 2.45. The van der Waals surface area contributed by atoms with Gasteiger partial charge in [0.1, 0.15) is 5.75 Å². The summed E-state index contributed by atoms with van der Waals surface area (Å²) in [6.07, 6.45) is 1.39. The lowest BCUT2D eigenvalue weighted by molar-refractivity contribution is 0.0189. The Balaban J connectivity index is 2.79. The van der Waals surface area contributed by atoms with E-state index in [0.717, 1.165) is 6.92 Å². The average molecular weight is 211 g/mol. The van der Waals surface area contributed by atoms with Crippen molar-refractivity contribution >= 4 is 10.9 Å². The molecule has 15 heavy (non-hydrogen) atoms. The highest BCUT2D eigenvalue weighted by atomic mass is 19.3. The Labute approximate surface area is 85.8 Å². The maximum absolute atomic E-state index is 13.2. The summed E-state index contributed by atoms with van der Waals surface area (Å²) in [7, 11) is 1.68. The van der Waals surface area contributed by atoms with Crippen LogP contribution in [0.1, 0.15) is 12.5 Å². The predicted molar refractivity (Wildman–Crippen MR) is 54.2 cm³/mol. The lowest BCUT2D eigenvalue weighted by atomic mass is 10.1. The largest absolute Gasteiger partial charge is 0.508 e. The number of rotatable bonds is 1. The molecule has 0 bridgehead atoms. The van der Waals surface area contributed by atoms with E-state index < -0.39 is 5.92 Å². The lowest BCUT2D eigenvalue weighted by Crippen LogP contribution is -2.05. The first-order valence-electron chi connectivity index (χ1n) is 4.56. The van der Waals surface area contributed by atoms with Crippen LogP contribution >= 0.6 is 0 Å². The summed E-state index contributed by atoms with van der Waals surface area (Å²) in [6.45, 7) is 0.870. The van der Waals surface area contributed by atoms with Crippen LogP contribution in [0.25, 0.3) is 10.9 Å². The second-order valence-corrected chi connectivity index (χ2v) is 3.74. The molecule has 0 aliphatic carbocycles. The Kier molecular flexibility index (Phi) is 1.96. The molecule has 80 valence electrons. The van der Waals surface area contributed by atoms with Gasteiger partial charge < -0.3 is 9.67 Å². The van der Waals surface area contributed by atoms with E-state index >= 15 is 0 Å². The molecular weight excluding hydrogens is 200 g/mol. The summed E-state index contributed by atoms with van der Waals surface area (Å²) >= 11 is 0. The zero-order valence-electron chi connectivity index (χ0n) is 8.46. The van der Waals surface area contributed by atoms with E-state index in [1.54, 1.807) is 11.6 Å². The Morgan fingerprint density at radius 1 is 1.33 bits per heavy atom. The van der Waals surface area contributed by atoms with Gasteiger partial charge in [-0.3, -0.25) is 0 Å². The first-order valence-corrected chi connectivity index (χ1v) is 4.56. The van der Waals surface area contributed by atoms with Crippen molar-refractivity contribution in [3.8, 4) is 5.75 Å². The van der Waals surface area contributed by atoms with Gasteiger partial charge in [-0.25, -0.2) is 8.78 Å². The number of aromatic hydroxyl groups is 1. The van der Waals surface area contributed by atoms with Crippen LogP contribution in [0, 0.1) is 0 Å². The molecule has 0 radical (unpaired) electrons. The molecule has 2 rings (SSSR count). The van der Waals surface area contributed by atoms with E-state index in [0.29, 0.717) is 10.9 Å². The zero-order chi connectivity index (χ0) is 11.2. The molecule has 0 saturated heterocycles. The Morgan fingerprint density at radius 2 is 2.00 bits per heavy atom. The first-order chi connectivity index (χ1) is 6.89. The number of halogens is 2. The number of aromatic nitrogens is 1. The molecule has 1 aromatic carbocycles. The van der Waals surface area contributed by atoms with Gasteiger partial charge in [0.05, 0.1) is 5.52 Å². The van der Waals surface area contributed by atoms with Crippen molar-refractivity contribution in [1.29, 1.82) is 0 Å². The number of benzene rings is 1. The molecule has 0 saturated carbocycles. The lowest BCUT2D eigenvalue weighted by Gasteiger charge is -2.07. The summed E-state index contributed by atoms with van der Waals surface area (Å²) in [5.74, 6) is -2.79. The molecule has 0 atom stereocenters. The normalized spacial score (nSPS) is 12.3. The molecule has 2 nitrogen and oxygen atoms in total. The van der Waals surface area contributed by atoms with Crippen LogP contribution in [0.3, 0.4) is 0 Å². The molecule has 1 N–H and O–H groups in total. The molecule has 1 aromatic heterocycles.